The fraction of sp³-hybridized carbons (Fsp3) is 0.444. The van der Waals surface area contributed by atoms with Gasteiger partial charge in [0.25, 0.3) is 0 Å². The molecule has 282 valence electrons. The molecule has 1 atom stereocenters. The molecule has 3 aliphatic rings. The van der Waals surface area contributed by atoms with Crippen molar-refractivity contribution in [2.45, 2.75) is 99.2 Å². The predicted molar refractivity (Wildman–Crippen MR) is 192 cm³/mol. The number of pyridine rings is 1. The minimum atomic E-state index is -4.78. The van der Waals surface area contributed by atoms with Crippen LogP contribution in [0.4, 0.5) is 27.8 Å². The van der Waals surface area contributed by atoms with E-state index in [0.717, 1.165) is 12.1 Å². The van der Waals surface area contributed by atoms with Crippen molar-refractivity contribution in [2.75, 3.05) is 4.72 Å². The SMILES string of the molecule is CC(C)(C#Cc1nc([C@@H](N)Cc2cc(F)cc(F)c2)c(-c2ccc(Cl)c3c(NS(=O)(=O)C4CC4)nn(CC(F)(F)F)c23)c2c1CCC2)S(=O)(=O)C1CC1. The molecule has 2 fully saturated rings. The van der Waals surface area contributed by atoms with Crippen molar-refractivity contribution >= 4 is 48.2 Å². The summed E-state index contributed by atoms with van der Waals surface area (Å²) in [4.78, 5) is 4.86. The van der Waals surface area contributed by atoms with Gasteiger partial charge in [0.2, 0.25) is 10.0 Å². The summed E-state index contributed by atoms with van der Waals surface area (Å²) in [5.41, 5.74) is 9.04. The van der Waals surface area contributed by atoms with Crippen LogP contribution in [0.5, 0.6) is 0 Å². The Morgan fingerprint density at radius 3 is 2.26 bits per heavy atom. The monoisotopic (exact) mass is 795 g/mol. The molecule has 17 heteroatoms. The summed E-state index contributed by atoms with van der Waals surface area (Å²) >= 11 is 6.61. The van der Waals surface area contributed by atoms with Gasteiger partial charge in [-0.05, 0) is 106 Å². The molecule has 0 spiro atoms. The summed E-state index contributed by atoms with van der Waals surface area (Å²) in [5.74, 6) is 3.85. The van der Waals surface area contributed by atoms with E-state index in [4.69, 9.17) is 22.3 Å². The number of nitrogens with two attached hydrogens (primary N) is 1. The van der Waals surface area contributed by atoms with E-state index >= 15 is 0 Å². The predicted octanol–water partition coefficient (Wildman–Crippen LogP) is 6.93. The molecule has 0 saturated heterocycles. The zero-order valence-corrected chi connectivity index (χ0v) is 31.0. The van der Waals surface area contributed by atoms with E-state index in [1.54, 1.807) is 0 Å². The molecular weight excluding hydrogens is 761 g/mol. The van der Waals surface area contributed by atoms with Gasteiger partial charge in [-0.1, -0.05) is 23.6 Å². The summed E-state index contributed by atoms with van der Waals surface area (Å²) < 4.78 is 125. The standard InChI is InChI=1S/C36H35ClF5N5O4S2/c1-35(2,52(48,49)22-6-7-22)13-12-29-24-4-3-5-25(24)30(32(44-29)28(43)16-19-14-20(38)17-21(39)15-19)26-10-11-27(37)31-33(26)47(18-36(40,41)42)45-34(31)46-53(50,51)23-8-9-23/h10-11,14-15,17,22-23,28H,3-9,16,18,43H2,1-2H3,(H,45,46)/t28-/m0/s1. The van der Waals surface area contributed by atoms with Gasteiger partial charge in [0.15, 0.2) is 15.7 Å². The Bertz CT molecular complexity index is 2430. The summed E-state index contributed by atoms with van der Waals surface area (Å²) in [5, 5.41) is 2.79. The van der Waals surface area contributed by atoms with Crippen LogP contribution < -0.4 is 10.5 Å². The van der Waals surface area contributed by atoms with Crippen LogP contribution in [0.1, 0.15) is 80.1 Å². The Morgan fingerprint density at radius 2 is 1.64 bits per heavy atom. The lowest BCUT2D eigenvalue weighted by Crippen LogP contribution is -2.33. The summed E-state index contributed by atoms with van der Waals surface area (Å²) in [7, 11) is -7.58. The Balaban J connectivity index is 1.48. The molecule has 2 heterocycles. The van der Waals surface area contributed by atoms with E-state index in [9.17, 15) is 38.8 Å². The lowest BCUT2D eigenvalue weighted by atomic mass is 9.89. The molecule has 0 bridgehead atoms. The number of rotatable bonds is 10. The number of sulfonamides is 1. The molecule has 53 heavy (non-hydrogen) atoms. The minimum Gasteiger partial charge on any atom is -0.322 e. The second kappa shape index (κ2) is 13.2. The molecule has 9 nitrogen and oxygen atoms in total. The number of sulfone groups is 1. The first kappa shape index (κ1) is 37.5. The van der Waals surface area contributed by atoms with E-state index in [1.165, 1.54) is 26.0 Å². The number of hydrogen-bond acceptors (Lipinski definition) is 7. The molecule has 3 aliphatic carbocycles. The molecule has 7 rings (SSSR count). The molecule has 0 unspecified atom stereocenters. The Kier molecular flexibility index (Phi) is 9.35. The third-order valence-corrected chi connectivity index (χ3v) is 14.8. The molecule has 2 saturated carbocycles. The number of halogens is 6. The summed E-state index contributed by atoms with van der Waals surface area (Å²) in [6.45, 7) is 1.46. The molecule has 2 aromatic heterocycles. The smallest absolute Gasteiger partial charge is 0.322 e. The Hall–Kier alpha value is -3.78. The van der Waals surface area contributed by atoms with Gasteiger partial charge in [-0.25, -0.2) is 30.6 Å². The number of alkyl halides is 3. The number of nitrogens with zero attached hydrogens (tertiary/aromatic N) is 3. The minimum absolute atomic E-state index is 0.0575. The van der Waals surface area contributed by atoms with Crippen molar-refractivity contribution in [1.82, 2.24) is 14.8 Å². The highest BCUT2D eigenvalue weighted by molar-refractivity contribution is 7.94. The van der Waals surface area contributed by atoms with Crippen LogP contribution in [0.15, 0.2) is 30.3 Å². The highest BCUT2D eigenvalue weighted by Gasteiger charge is 2.45. The Labute approximate surface area is 308 Å². The first-order valence-corrected chi connectivity index (χ1v) is 20.5. The van der Waals surface area contributed by atoms with Crippen molar-refractivity contribution in [3.8, 4) is 23.0 Å². The van der Waals surface area contributed by atoms with E-state index in [-0.39, 0.29) is 50.7 Å². The van der Waals surface area contributed by atoms with Gasteiger partial charge in [-0.3, -0.25) is 9.40 Å². The van der Waals surface area contributed by atoms with Gasteiger partial charge in [0.05, 0.1) is 38.2 Å². The van der Waals surface area contributed by atoms with E-state index < -0.39 is 65.5 Å². The van der Waals surface area contributed by atoms with Crippen molar-refractivity contribution in [3.63, 3.8) is 0 Å². The molecular formula is C36H35ClF5N5O4S2. The second-order valence-electron chi connectivity index (χ2n) is 14.4. The maximum Gasteiger partial charge on any atom is 0.408 e. The van der Waals surface area contributed by atoms with Crippen LogP contribution in [-0.4, -0.2) is 53.0 Å². The largest absolute Gasteiger partial charge is 0.408 e. The third-order valence-electron chi connectivity index (χ3n) is 9.82. The number of fused-ring (bicyclic) bond motifs is 2. The maximum atomic E-state index is 14.3. The lowest BCUT2D eigenvalue weighted by molar-refractivity contribution is -0.141. The number of anilines is 1. The van der Waals surface area contributed by atoms with Gasteiger partial charge in [0.1, 0.15) is 28.6 Å². The van der Waals surface area contributed by atoms with Crippen LogP contribution in [0, 0.1) is 23.5 Å². The zero-order valence-electron chi connectivity index (χ0n) is 28.6. The fourth-order valence-electron chi connectivity index (χ4n) is 6.94. The number of nitrogens with one attached hydrogen (secondary N) is 1. The quantitative estimate of drug-likeness (QED) is 0.131. The average molecular weight is 796 g/mol. The second-order valence-corrected chi connectivity index (χ2v) is 19.6. The highest BCUT2D eigenvalue weighted by Crippen LogP contribution is 2.45. The molecule has 2 aromatic carbocycles. The topological polar surface area (TPSA) is 137 Å². The maximum absolute atomic E-state index is 14.3. The van der Waals surface area contributed by atoms with Gasteiger partial charge >= 0.3 is 6.18 Å². The van der Waals surface area contributed by atoms with Gasteiger partial charge in [-0.2, -0.15) is 18.3 Å². The van der Waals surface area contributed by atoms with Crippen molar-refractivity contribution < 1.29 is 38.8 Å². The van der Waals surface area contributed by atoms with Crippen LogP contribution in [-0.2, 0) is 45.7 Å². The van der Waals surface area contributed by atoms with Crippen molar-refractivity contribution in [2.24, 2.45) is 5.73 Å². The number of benzene rings is 2. The number of hydrogen-bond donors (Lipinski definition) is 2. The molecule has 3 N–H and O–H groups in total. The summed E-state index contributed by atoms with van der Waals surface area (Å²) in [6, 6.07) is 4.74. The van der Waals surface area contributed by atoms with Gasteiger partial charge in [0, 0.05) is 17.2 Å². The van der Waals surface area contributed by atoms with E-state index in [1.807, 2.05) is 0 Å². The van der Waals surface area contributed by atoms with E-state index in [2.05, 4.69) is 21.7 Å². The highest BCUT2D eigenvalue weighted by atomic mass is 35.5. The molecule has 0 aliphatic heterocycles. The van der Waals surface area contributed by atoms with Crippen LogP contribution in [0.3, 0.4) is 0 Å². The van der Waals surface area contributed by atoms with Crippen LogP contribution >= 0.6 is 11.6 Å². The third kappa shape index (κ3) is 7.37. The molecule has 0 amide bonds. The van der Waals surface area contributed by atoms with Gasteiger partial charge < -0.3 is 5.73 Å². The lowest BCUT2D eigenvalue weighted by Gasteiger charge is -2.22. The zero-order chi connectivity index (χ0) is 38.2. The average Bonchev–Trinajstić information content (AvgIpc) is 3.98. The molecule has 0 radical (unpaired) electrons. The van der Waals surface area contributed by atoms with E-state index in [0.29, 0.717) is 72.4 Å². The summed E-state index contributed by atoms with van der Waals surface area (Å²) in [6.07, 6.45) is -1.55. The van der Waals surface area contributed by atoms with Crippen molar-refractivity contribution in [3.05, 3.63) is 75.1 Å². The number of aromatic nitrogens is 3. The fourth-order valence-corrected chi connectivity index (χ4v) is 10.3. The van der Waals surface area contributed by atoms with Crippen molar-refractivity contribution in [1.29, 1.82) is 0 Å². The first-order chi connectivity index (χ1) is 24.8. The molecule has 4 aromatic rings. The first-order valence-electron chi connectivity index (χ1n) is 17.1. The van der Waals surface area contributed by atoms with Crippen LogP contribution in [0.25, 0.3) is 22.0 Å². The Morgan fingerprint density at radius 1 is 1.00 bits per heavy atom. The van der Waals surface area contributed by atoms with Gasteiger partial charge in [-0.15, -0.1) is 0 Å². The van der Waals surface area contributed by atoms with Crippen LogP contribution in [0.2, 0.25) is 5.02 Å². The normalized spacial score (nSPS) is 17.1.